The summed E-state index contributed by atoms with van der Waals surface area (Å²) in [6, 6.07) is 6.02. The first-order chi connectivity index (χ1) is 12.3. The van der Waals surface area contributed by atoms with Crippen LogP contribution in [0.25, 0.3) is 0 Å². The number of benzene rings is 1. The predicted molar refractivity (Wildman–Crippen MR) is 92.2 cm³/mol. The lowest BCUT2D eigenvalue weighted by Gasteiger charge is -2.34. The van der Waals surface area contributed by atoms with Gasteiger partial charge < -0.3 is 9.47 Å². The van der Waals surface area contributed by atoms with E-state index in [-0.39, 0.29) is 42.6 Å². The average Bonchev–Trinajstić information content (AvgIpc) is 2.93. The van der Waals surface area contributed by atoms with Crippen LogP contribution in [0.4, 0.5) is 4.79 Å². The van der Waals surface area contributed by atoms with Crippen molar-refractivity contribution in [2.45, 2.75) is 43.7 Å². The van der Waals surface area contributed by atoms with Crippen LogP contribution < -0.4 is 4.74 Å². The molecule has 2 aliphatic heterocycles. The molecule has 8 nitrogen and oxygen atoms in total. The number of carbonyl (C=O) groups excluding carboxylic acids is 2. The topological polar surface area (TPSA) is 93.2 Å². The van der Waals surface area contributed by atoms with Crippen LogP contribution in [0.2, 0.25) is 0 Å². The second-order valence-electron chi connectivity index (χ2n) is 6.59. The number of rotatable bonds is 5. The van der Waals surface area contributed by atoms with E-state index >= 15 is 0 Å². The number of hydrogen-bond donors (Lipinski definition) is 0. The molecular formula is C17H22N2O6S. The van der Waals surface area contributed by atoms with Crippen molar-refractivity contribution in [1.82, 2.24) is 9.21 Å². The van der Waals surface area contributed by atoms with Crippen molar-refractivity contribution < 1.29 is 27.5 Å². The molecular weight excluding hydrogens is 360 g/mol. The lowest BCUT2D eigenvalue weighted by molar-refractivity contribution is -0.127. The fourth-order valence-electron chi connectivity index (χ4n) is 3.17. The zero-order valence-electron chi connectivity index (χ0n) is 14.8. The molecule has 0 bridgehead atoms. The molecule has 1 aromatic rings. The molecule has 0 aliphatic carbocycles. The third-order valence-electron chi connectivity index (χ3n) is 4.41. The second-order valence-corrected chi connectivity index (χ2v) is 8.53. The minimum absolute atomic E-state index is 0.0106. The molecule has 0 spiro atoms. The standard InChI is InChI=1S/C17H22N2O6S/c1-12(2)25-14-3-5-15(6-4-14)26(22,23)18-9-7-13(8-10-18)19-16(20)11-24-17(19)21/h3-6,12-13H,7-11H2,1-2H3. The normalized spacial score (nSPS) is 19.9. The van der Waals surface area contributed by atoms with Gasteiger partial charge in [-0.05, 0) is 51.0 Å². The van der Waals surface area contributed by atoms with Crippen LogP contribution in [0, 0.1) is 0 Å². The quantitative estimate of drug-likeness (QED) is 0.768. The van der Waals surface area contributed by atoms with Crippen molar-refractivity contribution in [3.63, 3.8) is 0 Å². The van der Waals surface area contributed by atoms with Gasteiger partial charge in [-0.15, -0.1) is 0 Å². The van der Waals surface area contributed by atoms with Crippen LogP contribution in [0.5, 0.6) is 5.75 Å². The number of nitrogens with zero attached hydrogens (tertiary/aromatic N) is 2. The molecule has 142 valence electrons. The molecule has 2 saturated heterocycles. The van der Waals surface area contributed by atoms with Crippen LogP contribution >= 0.6 is 0 Å². The average molecular weight is 382 g/mol. The first-order valence-electron chi connectivity index (χ1n) is 8.54. The summed E-state index contributed by atoms with van der Waals surface area (Å²) in [6.45, 7) is 4.05. The van der Waals surface area contributed by atoms with Crippen LogP contribution in [-0.2, 0) is 19.6 Å². The van der Waals surface area contributed by atoms with E-state index in [1.165, 1.54) is 16.4 Å². The Kier molecular flexibility index (Phi) is 5.19. The minimum atomic E-state index is -3.62. The van der Waals surface area contributed by atoms with E-state index in [0.29, 0.717) is 18.6 Å². The van der Waals surface area contributed by atoms with Gasteiger partial charge in [-0.2, -0.15) is 4.31 Å². The molecule has 0 atom stereocenters. The monoisotopic (exact) mass is 382 g/mol. The van der Waals surface area contributed by atoms with Crippen LogP contribution in [0.1, 0.15) is 26.7 Å². The van der Waals surface area contributed by atoms with Gasteiger partial charge in [-0.25, -0.2) is 18.1 Å². The molecule has 0 unspecified atom stereocenters. The van der Waals surface area contributed by atoms with Gasteiger partial charge in [-0.1, -0.05) is 0 Å². The van der Waals surface area contributed by atoms with Crippen LogP contribution in [0.15, 0.2) is 29.2 Å². The van der Waals surface area contributed by atoms with Gasteiger partial charge in [0.2, 0.25) is 10.0 Å². The second kappa shape index (κ2) is 7.24. The Bertz CT molecular complexity index is 766. The Labute approximate surface area is 152 Å². The first kappa shape index (κ1) is 18.7. The summed E-state index contributed by atoms with van der Waals surface area (Å²) in [5, 5.41) is 0. The van der Waals surface area contributed by atoms with Gasteiger partial charge in [0.05, 0.1) is 11.0 Å². The molecule has 2 aliphatic rings. The Morgan fingerprint density at radius 1 is 1.12 bits per heavy atom. The van der Waals surface area contributed by atoms with Crippen molar-refractivity contribution in [3.8, 4) is 5.75 Å². The minimum Gasteiger partial charge on any atom is -0.491 e. The number of piperidine rings is 1. The SMILES string of the molecule is CC(C)Oc1ccc(S(=O)(=O)N2CCC(N3C(=O)COC3=O)CC2)cc1. The maximum atomic E-state index is 12.8. The lowest BCUT2D eigenvalue weighted by atomic mass is 10.1. The number of hydrogen-bond acceptors (Lipinski definition) is 6. The molecule has 0 saturated carbocycles. The third kappa shape index (κ3) is 3.68. The summed E-state index contributed by atoms with van der Waals surface area (Å²) in [6.07, 6.45) is 0.164. The summed E-state index contributed by atoms with van der Waals surface area (Å²) >= 11 is 0. The zero-order chi connectivity index (χ0) is 18.9. The number of imide groups is 1. The van der Waals surface area contributed by atoms with E-state index < -0.39 is 16.1 Å². The van der Waals surface area contributed by atoms with Crippen molar-refractivity contribution in [1.29, 1.82) is 0 Å². The largest absolute Gasteiger partial charge is 0.491 e. The van der Waals surface area contributed by atoms with Crippen molar-refractivity contribution in [3.05, 3.63) is 24.3 Å². The van der Waals surface area contributed by atoms with Crippen molar-refractivity contribution in [2.75, 3.05) is 19.7 Å². The smallest absolute Gasteiger partial charge is 0.417 e. The Morgan fingerprint density at radius 3 is 2.23 bits per heavy atom. The van der Waals surface area contributed by atoms with E-state index in [4.69, 9.17) is 9.47 Å². The molecule has 2 fully saturated rings. The van der Waals surface area contributed by atoms with Crippen LogP contribution in [0.3, 0.4) is 0 Å². The molecule has 1 aromatic carbocycles. The highest BCUT2D eigenvalue weighted by molar-refractivity contribution is 7.89. The van der Waals surface area contributed by atoms with E-state index in [9.17, 15) is 18.0 Å². The molecule has 3 rings (SSSR count). The number of carbonyl (C=O) groups is 2. The highest BCUT2D eigenvalue weighted by atomic mass is 32.2. The highest BCUT2D eigenvalue weighted by Gasteiger charge is 2.40. The van der Waals surface area contributed by atoms with E-state index in [2.05, 4.69) is 0 Å². The number of ether oxygens (including phenoxy) is 2. The van der Waals surface area contributed by atoms with E-state index in [1.54, 1.807) is 12.1 Å². The summed E-state index contributed by atoms with van der Waals surface area (Å²) in [5.41, 5.74) is 0. The van der Waals surface area contributed by atoms with Gasteiger partial charge in [0.25, 0.3) is 5.91 Å². The van der Waals surface area contributed by atoms with Gasteiger partial charge in [0.15, 0.2) is 6.61 Å². The Morgan fingerprint density at radius 2 is 1.73 bits per heavy atom. The first-order valence-corrected chi connectivity index (χ1v) is 9.98. The predicted octanol–water partition coefficient (Wildman–Crippen LogP) is 1.61. The fourth-order valence-corrected chi connectivity index (χ4v) is 4.64. The molecule has 0 radical (unpaired) electrons. The number of cyclic esters (lactones) is 1. The summed E-state index contributed by atoms with van der Waals surface area (Å²) in [5.74, 6) is 0.251. The summed E-state index contributed by atoms with van der Waals surface area (Å²) in [4.78, 5) is 24.7. The van der Waals surface area contributed by atoms with Crippen LogP contribution in [-0.4, -0.2) is 61.5 Å². The lowest BCUT2D eigenvalue weighted by Crippen LogP contribution is -2.48. The molecule has 0 aromatic heterocycles. The highest BCUT2D eigenvalue weighted by Crippen LogP contribution is 2.26. The van der Waals surface area contributed by atoms with E-state index in [1.807, 2.05) is 13.8 Å². The van der Waals surface area contributed by atoms with Gasteiger partial charge >= 0.3 is 6.09 Å². The maximum absolute atomic E-state index is 12.8. The van der Waals surface area contributed by atoms with E-state index in [0.717, 1.165) is 4.90 Å². The Balaban J connectivity index is 1.66. The zero-order valence-corrected chi connectivity index (χ0v) is 15.6. The summed E-state index contributed by atoms with van der Waals surface area (Å²) < 4.78 is 37.2. The van der Waals surface area contributed by atoms with Gasteiger partial charge in [0.1, 0.15) is 5.75 Å². The molecule has 2 amide bonds. The fraction of sp³-hybridized carbons (Fsp3) is 0.529. The third-order valence-corrected chi connectivity index (χ3v) is 6.32. The molecule has 2 heterocycles. The Hall–Kier alpha value is -2.13. The molecule has 9 heteroatoms. The van der Waals surface area contributed by atoms with Crippen molar-refractivity contribution >= 4 is 22.0 Å². The number of sulfonamides is 1. The van der Waals surface area contributed by atoms with Crippen molar-refractivity contribution in [2.24, 2.45) is 0 Å². The molecule has 0 N–H and O–H groups in total. The summed E-state index contributed by atoms with van der Waals surface area (Å²) in [7, 11) is -3.62. The van der Waals surface area contributed by atoms with Gasteiger partial charge in [0, 0.05) is 19.1 Å². The molecule has 26 heavy (non-hydrogen) atoms. The number of amides is 2. The maximum Gasteiger partial charge on any atom is 0.417 e. The van der Waals surface area contributed by atoms with Gasteiger partial charge in [-0.3, -0.25) is 4.79 Å².